The van der Waals surface area contributed by atoms with Crippen molar-refractivity contribution in [1.82, 2.24) is 9.80 Å². The van der Waals surface area contributed by atoms with Gasteiger partial charge in [-0.3, -0.25) is 19.3 Å². The maximum absolute atomic E-state index is 12.8. The van der Waals surface area contributed by atoms with Crippen LogP contribution in [0.4, 0.5) is 0 Å². The predicted octanol–water partition coefficient (Wildman–Crippen LogP) is 2.84. The quantitative estimate of drug-likeness (QED) is 0.810. The van der Waals surface area contributed by atoms with Crippen molar-refractivity contribution in [1.29, 1.82) is 0 Å². The average molecular weight is 336 g/mol. The number of hydrogen-bond donors (Lipinski definition) is 0. The van der Waals surface area contributed by atoms with Gasteiger partial charge in [-0.25, -0.2) is 0 Å². The fraction of sp³-hybridized carbons (Fsp3) is 0.350. The molecule has 0 saturated carbocycles. The van der Waals surface area contributed by atoms with Crippen LogP contribution in [0.5, 0.6) is 0 Å². The van der Waals surface area contributed by atoms with E-state index in [0.29, 0.717) is 11.1 Å². The van der Waals surface area contributed by atoms with Crippen molar-refractivity contribution in [3.05, 3.63) is 47.5 Å². The first-order valence-corrected chi connectivity index (χ1v) is 8.82. The lowest BCUT2D eigenvalue weighted by Crippen LogP contribution is -2.43. The summed E-state index contributed by atoms with van der Waals surface area (Å²) in [6, 6.07) is 11.0. The minimum absolute atomic E-state index is 0.0253. The Hall–Kier alpha value is -2.69. The molecular formula is C20H20N2O3. The smallest absolute Gasteiger partial charge is 0.261 e. The van der Waals surface area contributed by atoms with Crippen molar-refractivity contribution in [2.45, 2.75) is 25.7 Å². The second-order valence-corrected chi connectivity index (χ2v) is 6.66. The summed E-state index contributed by atoms with van der Waals surface area (Å²) < 4.78 is 0. The molecule has 0 radical (unpaired) electrons. The SMILES string of the molecule is O=C(CCN1C(=O)c2cccc3cccc(c23)C1=O)N1CCCCC1. The minimum atomic E-state index is -0.305. The van der Waals surface area contributed by atoms with Gasteiger partial charge in [0.05, 0.1) is 0 Å². The van der Waals surface area contributed by atoms with Crippen LogP contribution >= 0.6 is 0 Å². The Morgan fingerprint density at radius 1 is 0.880 bits per heavy atom. The molecule has 0 atom stereocenters. The molecule has 4 rings (SSSR count). The van der Waals surface area contributed by atoms with E-state index in [-0.39, 0.29) is 30.7 Å². The number of imide groups is 1. The van der Waals surface area contributed by atoms with Crippen molar-refractivity contribution in [3.8, 4) is 0 Å². The van der Waals surface area contributed by atoms with Gasteiger partial charge in [0.2, 0.25) is 5.91 Å². The Morgan fingerprint density at radius 3 is 2.08 bits per heavy atom. The van der Waals surface area contributed by atoms with Gasteiger partial charge in [0.1, 0.15) is 0 Å². The monoisotopic (exact) mass is 336 g/mol. The molecule has 0 bridgehead atoms. The van der Waals surface area contributed by atoms with E-state index in [1.807, 2.05) is 29.2 Å². The van der Waals surface area contributed by atoms with E-state index < -0.39 is 0 Å². The van der Waals surface area contributed by atoms with Crippen LogP contribution in [0.25, 0.3) is 10.8 Å². The van der Waals surface area contributed by atoms with Gasteiger partial charge < -0.3 is 4.90 Å². The molecule has 5 heteroatoms. The highest BCUT2D eigenvalue weighted by molar-refractivity contribution is 6.25. The van der Waals surface area contributed by atoms with E-state index in [0.717, 1.165) is 43.1 Å². The molecule has 0 aliphatic carbocycles. The van der Waals surface area contributed by atoms with Gasteiger partial charge in [0.25, 0.3) is 11.8 Å². The van der Waals surface area contributed by atoms with Crippen LogP contribution in [0.15, 0.2) is 36.4 Å². The van der Waals surface area contributed by atoms with Gasteiger partial charge in [-0.2, -0.15) is 0 Å². The molecule has 2 aliphatic heterocycles. The molecule has 25 heavy (non-hydrogen) atoms. The Morgan fingerprint density at radius 2 is 1.48 bits per heavy atom. The Kier molecular flexibility index (Phi) is 3.99. The third kappa shape index (κ3) is 2.69. The molecule has 0 aromatic heterocycles. The highest BCUT2D eigenvalue weighted by Crippen LogP contribution is 2.30. The molecular weight excluding hydrogens is 316 g/mol. The summed E-state index contributed by atoms with van der Waals surface area (Å²) in [4.78, 5) is 41.0. The first-order valence-electron chi connectivity index (χ1n) is 8.82. The number of benzene rings is 2. The Bertz CT molecular complexity index is 818. The number of hydrogen-bond acceptors (Lipinski definition) is 3. The van der Waals surface area contributed by atoms with Crippen molar-refractivity contribution < 1.29 is 14.4 Å². The second-order valence-electron chi connectivity index (χ2n) is 6.66. The molecule has 2 aliphatic rings. The zero-order chi connectivity index (χ0) is 17.4. The largest absolute Gasteiger partial charge is 0.343 e. The molecule has 0 unspecified atom stereocenters. The van der Waals surface area contributed by atoms with E-state index in [9.17, 15) is 14.4 Å². The summed E-state index contributed by atoms with van der Waals surface area (Å²) in [5.74, 6) is -0.584. The minimum Gasteiger partial charge on any atom is -0.343 e. The summed E-state index contributed by atoms with van der Waals surface area (Å²) in [7, 11) is 0. The van der Waals surface area contributed by atoms with Crippen LogP contribution in [0.2, 0.25) is 0 Å². The normalized spacial score (nSPS) is 17.3. The van der Waals surface area contributed by atoms with Crippen LogP contribution in [0.1, 0.15) is 46.4 Å². The molecule has 2 aromatic carbocycles. The Balaban J connectivity index is 1.57. The van der Waals surface area contributed by atoms with Gasteiger partial charge >= 0.3 is 0 Å². The van der Waals surface area contributed by atoms with Crippen LogP contribution < -0.4 is 0 Å². The second kappa shape index (κ2) is 6.31. The van der Waals surface area contributed by atoms with Crippen molar-refractivity contribution in [3.63, 3.8) is 0 Å². The predicted molar refractivity (Wildman–Crippen MR) is 94.4 cm³/mol. The molecule has 0 N–H and O–H groups in total. The summed E-state index contributed by atoms with van der Waals surface area (Å²) in [5, 5.41) is 1.61. The standard InChI is InChI=1S/C20H20N2O3/c23-17(21-11-2-1-3-12-21)10-13-22-19(24)15-8-4-6-14-7-5-9-16(18(14)15)20(22)25/h4-9H,1-3,10-13H2. The molecule has 128 valence electrons. The lowest BCUT2D eigenvalue weighted by molar-refractivity contribution is -0.132. The summed E-state index contributed by atoms with van der Waals surface area (Å²) in [5.41, 5.74) is 1.08. The number of piperidine rings is 1. The molecule has 2 heterocycles. The molecule has 1 saturated heterocycles. The Labute approximate surface area is 146 Å². The topological polar surface area (TPSA) is 57.7 Å². The van der Waals surface area contributed by atoms with Crippen molar-refractivity contribution >= 4 is 28.5 Å². The van der Waals surface area contributed by atoms with Crippen LogP contribution in [0, 0.1) is 0 Å². The molecule has 5 nitrogen and oxygen atoms in total. The van der Waals surface area contributed by atoms with Gasteiger partial charge in [-0.1, -0.05) is 24.3 Å². The van der Waals surface area contributed by atoms with Gasteiger partial charge in [-0.15, -0.1) is 0 Å². The molecule has 2 aromatic rings. The zero-order valence-electron chi connectivity index (χ0n) is 14.0. The van der Waals surface area contributed by atoms with E-state index in [1.54, 1.807) is 12.1 Å². The van der Waals surface area contributed by atoms with Crippen LogP contribution in [-0.2, 0) is 4.79 Å². The molecule has 0 spiro atoms. The van der Waals surface area contributed by atoms with Crippen LogP contribution in [-0.4, -0.2) is 47.2 Å². The number of nitrogens with zero attached hydrogens (tertiary/aromatic N) is 2. The lowest BCUT2D eigenvalue weighted by Gasteiger charge is -2.29. The van der Waals surface area contributed by atoms with Crippen molar-refractivity contribution in [2.75, 3.05) is 19.6 Å². The highest BCUT2D eigenvalue weighted by atomic mass is 16.2. The van der Waals surface area contributed by atoms with E-state index >= 15 is 0 Å². The fourth-order valence-electron chi connectivity index (χ4n) is 3.79. The van der Waals surface area contributed by atoms with Gasteiger partial charge in [-0.05, 0) is 36.8 Å². The number of amides is 3. The molecule has 1 fully saturated rings. The summed E-state index contributed by atoms with van der Waals surface area (Å²) in [6.07, 6.45) is 3.41. The fourth-order valence-corrected chi connectivity index (χ4v) is 3.79. The first kappa shape index (κ1) is 15.8. The summed E-state index contributed by atoms with van der Waals surface area (Å²) >= 11 is 0. The number of likely N-dealkylation sites (tertiary alicyclic amines) is 1. The van der Waals surface area contributed by atoms with Gasteiger partial charge in [0, 0.05) is 42.6 Å². The molecule has 3 amide bonds. The first-order chi connectivity index (χ1) is 12.2. The number of carbonyl (C=O) groups excluding carboxylic acids is 3. The van der Waals surface area contributed by atoms with E-state index in [4.69, 9.17) is 0 Å². The third-order valence-corrected chi connectivity index (χ3v) is 5.11. The lowest BCUT2D eigenvalue weighted by atomic mass is 9.94. The zero-order valence-corrected chi connectivity index (χ0v) is 14.0. The van der Waals surface area contributed by atoms with Crippen LogP contribution in [0.3, 0.4) is 0 Å². The average Bonchev–Trinajstić information content (AvgIpc) is 2.66. The number of rotatable bonds is 3. The van der Waals surface area contributed by atoms with Crippen molar-refractivity contribution in [2.24, 2.45) is 0 Å². The van der Waals surface area contributed by atoms with E-state index in [1.165, 1.54) is 4.90 Å². The maximum atomic E-state index is 12.8. The summed E-state index contributed by atoms with van der Waals surface area (Å²) in [6.45, 7) is 1.70. The third-order valence-electron chi connectivity index (χ3n) is 5.11. The van der Waals surface area contributed by atoms with Gasteiger partial charge in [0.15, 0.2) is 0 Å². The highest BCUT2D eigenvalue weighted by Gasteiger charge is 2.33. The van der Waals surface area contributed by atoms with E-state index in [2.05, 4.69) is 0 Å². The maximum Gasteiger partial charge on any atom is 0.261 e. The number of carbonyl (C=O) groups is 3.